The maximum Gasteiger partial charge on any atom is 0.261 e. The predicted octanol–water partition coefficient (Wildman–Crippen LogP) is 2.55. The average molecular weight is 302 g/mol. The third-order valence-electron chi connectivity index (χ3n) is 2.64. The third-order valence-corrected chi connectivity index (χ3v) is 5.14. The van der Waals surface area contributed by atoms with Gasteiger partial charge in [0.05, 0.1) is 17.1 Å². The van der Waals surface area contributed by atoms with Crippen molar-refractivity contribution >= 4 is 37.2 Å². The van der Waals surface area contributed by atoms with Crippen LogP contribution >= 0.6 is 22.4 Å². The zero-order valence-electron chi connectivity index (χ0n) is 9.76. The van der Waals surface area contributed by atoms with Gasteiger partial charge in [-0.3, -0.25) is 0 Å². The summed E-state index contributed by atoms with van der Waals surface area (Å²) in [5.41, 5.74) is 0.845. The Morgan fingerprint density at radius 3 is 2.94 bits per heavy atom. The highest BCUT2D eigenvalue weighted by atomic mass is 35.7. The Kier molecular flexibility index (Phi) is 3.81. The summed E-state index contributed by atoms with van der Waals surface area (Å²) in [5, 5.41) is 0.421. The quantitative estimate of drug-likeness (QED) is 0.621. The van der Waals surface area contributed by atoms with Crippen molar-refractivity contribution in [3.63, 3.8) is 0 Å². The highest BCUT2D eigenvalue weighted by molar-refractivity contribution is 8.13. The Labute approximate surface area is 116 Å². The Morgan fingerprint density at radius 1 is 1.61 bits per heavy atom. The summed E-state index contributed by atoms with van der Waals surface area (Å²) < 4.78 is 22.7. The van der Waals surface area contributed by atoms with Gasteiger partial charge in [0.2, 0.25) is 0 Å². The number of nitrogens with zero attached hydrogens (tertiary/aromatic N) is 1. The molecule has 3 nitrogen and oxygen atoms in total. The van der Waals surface area contributed by atoms with E-state index in [4.69, 9.17) is 17.1 Å². The molecule has 96 valence electrons. The number of fused-ring (bicyclic) bond motifs is 1. The van der Waals surface area contributed by atoms with Crippen LogP contribution in [0.2, 0.25) is 0 Å². The number of thioether (sulfide) groups is 1. The van der Waals surface area contributed by atoms with Gasteiger partial charge in [-0.2, -0.15) is 0 Å². The summed E-state index contributed by atoms with van der Waals surface area (Å²) in [6, 6.07) is 4.91. The van der Waals surface area contributed by atoms with Gasteiger partial charge < -0.3 is 4.90 Å². The smallest absolute Gasteiger partial charge is 0.261 e. The number of anilines is 1. The van der Waals surface area contributed by atoms with Crippen LogP contribution in [-0.2, 0) is 9.05 Å². The molecule has 0 aromatic heterocycles. The molecule has 0 saturated carbocycles. The first kappa shape index (κ1) is 13.6. The van der Waals surface area contributed by atoms with Crippen molar-refractivity contribution in [1.82, 2.24) is 0 Å². The van der Waals surface area contributed by atoms with Crippen molar-refractivity contribution in [2.75, 3.05) is 18.0 Å². The highest BCUT2D eigenvalue weighted by Crippen LogP contribution is 2.39. The van der Waals surface area contributed by atoms with Crippen LogP contribution in [-0.4, -0.2) is 26.8 Å². The first-order valence-corrected chi connectivity index (χ1v) is 8.54. The molecule has 6 heteroatoms. The van der Waals surface area contributed by atoms with Crippen LogP contribution < -0.4 is 4.90 Å². The normalized spacial score (nSPS) is 19.2. The Balaban J connectivity index is 2.50. The molecule has 0 spiro atoms. The molecule has 0 saturated heterocycles. The van der Waals surface area contributed by atoms with Crippen LogP contribution in [0.4, 0.5) is 5.69 Å². The van der Waals surface area contributed by atoms with Crippen molar-refractivity contribution in [2.45, 2.75) is 22.0 Å². The highest BCUT2D eigenvalue weighted by Gasteiger charge is 2.23. The number of hydrogen-bond donors (Lipinski definition) is 0. The Hall–Kier alpha value is -0.830. The van der Waals surface area contributed by atoms with E-state index >= 15 is 0 Å². The Bertz CT molecular complexity index is 607. The van der Waals surface area contributed by atoms with E-state index in [0.717, 1.165) is 17.1 Å². The molecule has 1 aliphatic rings. The van der Waals surface area contributed by atoms with Gasteiger partial charge in [0.1, 0.15) is 0 Å². The Morgan fingerprint density at radius 2 is 2.33 bits per heavy atom. The molecule has 0 aliphatic carbocycles. The van der Waals surface area contributed by atoms with Crippen LogP contribution in [0, 0.1) is 12.3 Å². The molecule has 18 heavy (non-hydrogen) atoms. The summed E-state index contributed by atoms with van der Waals surface area (Å²) in [7, 11) is 1.66. The molecule has 1 heterocycles. The fraction of sp³-hybridized carbons (Fsp3) is 0.333. The van der Waals surface area contributed by atoms with Crippen molar-refractivity contribution in [1.29, 1.82) is 0 Å². The van der Waals surface area contributed by atoms with Gasteiger partial charge in [0.25, 0.3) is 9.05 Å². The van der Waals surface area contributed by atoms with E-state index in [9.17, 15) is 8.42 Å². The molecule has 1 atom stereocenters. The lowest BCUT2D eigenvalue weighted by Crippen LogP contribution is -2.33. The van der Waals surface area contributed by atoms with Crippen LogP contribution in [0.15, 0.2) is 28.0 Å². The molecule has 0 amide bonds. The lowest BCUT2D eigenvalue weighted by Gasteiger charge is -2.33. The molecular weight excluding hydrogens is 290 g/mol. The summed E-state index contributed by atoms with van der Waals surface area (Å²) >= 11 is 1.71. The second-order valence-corrected chi connectivity index (χ2v) is 8.13. The molecule has 0 bridgehead atoms. The first-order valence-electron chi connectivity index (χ1n) is 5.35. The molecule has 1 aromatic rings. The maximum absolute atomic E-state index is 11.3. The standard InChI is InChI=1S/C12H12ClNO2S2/c1-3-6-14-8-9(2)17-12-5-4-10(7-11(12)14)18(13,15)16/h1,4-5,7,9H,6,8H2,2H3. The number of benzene rings is 1. The van der Waals surface area contributed by atoms with Gasteiger partial charge in [-0.1, -0.05) is 12.8 Å². The summed E-state index contributed by atoms with van der Waals surface area (Å²) in [6.07, 6.45) is 5.34. The summed E-state index contributed by atoms with van der Waals surface area (Å²) in [4.78, 5) is 3.15. The molecule has 2 rings (SSSR count). The van der Waals surface area contributed by atoms with E-state index in [1.165, 1.54) is 6.07 Å². The van der Waals surface area contributed by atoms with Gasteiger partial charge in [-0.05, 0) is 18.2 Å². The van der Waals surface area contributed by atoms with Gasteiger partial charge in [-0.15, -0.1) is 18.2 Å². The van der Waals surface area contributed by atoms with E-state index in [1.807, 2.05) is 4.90 Å². The van der Waals surface area contributed by atoms with E-state index < -0.39 is 9.05 Å². The van der Waals surface area contributed by atoms with E-state index in [0.29, 0.717) is 11.8 Å². The predicted molar refractivity (Wildman–Crippen MR) is 75.8 cm³/mol. The molecule has 0 N–H and O–H groups in total. The lowest BCUT2D eigenvalue weighted by atomic mass is 10.2. The number of halogens is 1. The second-order valence-electron chi connectivity index (χ2n) is 4.08. The van der Waals surface area contributed by atoms with Crippen LogP contribution in [0.25, 0.3) is 0 Å². The van der Waals surface area contributed by atoms with Crippen molar-refractivity contribution in [3.8, 4) is 12.3 Å². The van der Waals surface area contributed by atoms with Crippen LogP contribution in [0.5, 0.6) is 0 Å². The minimum atomic E-state index is -3.70. The number of terminal acetylenes is 1. The van der Waals surface area contributed by atoms with E-state index in [2.05, 4.69) is 12.8 Å². The lowest BCUT2D eigenvalue weighted by molar-refractivity contribution is 0.609. The van der Waals surface area contributed by atoms with Crippen molar-refractivity contribution < 1.29 is 8.42 Å². The summed E-state index contributed by atoms with van der Waals surface area (Å²) in [6.45, 7) is 3.38. The molecule has 0 radical (unpaired) electrons. The van der Waals surface area contributed by atoms with Crippen LogP contribution in [0.1, 0.15) is 6.92 Å². The number of rotatable bonds is 2. The van der Waals surface area contributed by atoms with Crippen molar-refractivity contribution in [3.05, 3.63) is 18.2 Å². The minimum absolute atomic E-state index is 0.111. The maximum atomic E-state index is 11.3. The fourth-order valence-electron chi connectivity index (χ4n) is 1.92. The van der Waals surface area contributed by atoms with Gasteiger partial charge in [0.15, 0.2) is 0 Å². The molecule has 1 aliphatic heterocycles. The van der Waals surface area contributed by atoms with Crippen molar-refractivity contribution in [2.24, 2.45) is 0 Å². The summed E-state index contributed by atoms with van der Waals surface area (Å²) in [5.74, 6) is 2.59. The van der Waals surface area contributed by atoms with E-state index in [-0.39, 0.29) is 4.90 Å². The molecule has 1 unspecified atom stereocenters. The number of hydrogen-bond acceptors (Lipinski definition) is 4. The van der Waals surface area contributed by atoms with Gasteiger partial charge in [0, 0.05) is 27.4 Å². The molecular formula is C12H12ClNO2S2. The van der Waals surface area contributed by atoms with Gasteiger partial charge >= 0.3 is 0 Å². The third kappa shape index (κ3) is 2.77. The molecule has 1 aromatic carbocycles. The zero-order valence-corrected chi connectivity index (χ0v) is 12.1. The van der Waals surface area contributed by atoms with Crippen LogP contribution in [0.3, 0.4) is 0 Å². The average Bonchev–Trinajstić information content (AvgIpc) is 2.27. The van der Waals surface area contributed by atoms with Gasteiger partial charge in [-0.25, -0.2) is 8.42 Å². The first-order chi connectivity index (χ1) is 8.41. The SMILES string of the molecule is C#CCN1CC(C)Sc2ccc(S(=O)(=O)Cl)cc21. The largest absolute Gasteiger partial charge is 0.358 e. The zero-order chi connectivity index (χ0) is 13.3. The fourth-order valence-corrected chi connectivity index (χ4v) is 3.83. The second kappa shape index (κ2) is 5.04. The van der Waals surface area contributed by atoms with E-state index in [1.54, 1.807) is 23.9 Å². The minimum Gasteiger partial charge on any atom is -0.358 e. The monoisotopic (exact) mass is 301 g/mol. The molecule has 0 fully saturated rings. The topological polar surface area (TPSA) is 37.4 Å².